The zero-order chi connectivity index (χ0) is 19.4. The van der Waals surface area contributed by atoms with Gasteiger partial charge in [-0.1, -0.05) is 5.21 Å². The first-order valence-electron chi connectivity index (χ1n) is 8.18. The number of likely N-dealkylation sites (tertiary alicyclic amines) is 1. The van der Waals surface area contributed by atoms with Gasteiger partial charge in [-0.25, -0.2) is 0 Å². The van der Waals surface area contributed by atoms with Gasteiger partial charge in [0.25, 0.3) is 0 Å². The van der Waals surface area contributed by atoms with Gasteiger partial charge in [0.05, 0.1) is 0 Å². The number of aromatic carboxylic acids is 1. The summed E-state index contributed by atoms with van der Waals surface area (Å²) in [5.74, 6) is -1.63. The molecule has 0 bridgehead atoms. The number of benzene rings is 1. The number of carboxylic acid groups (broad SMARTS) is 1. The van der Waals surface area contributed by atoms with Crippen LogP contribution in [0.1, 0.15) is 21.7 Å². The second-order valence-electron chi connectivity index (χ2n) is 6.00. The molecule has 1 aromatic heterocycles. The van der Waals surface area contributed by atoms with Gasteiger partial charge in [-0.05, 0) is 0 Å². The van der Waals surface area contributed by atoms with Crippen LogP contribution in [0.3, 0.4) is 0 Å². The van der Waals surface area contributed by atoms with Crippen LogP contribution in [-0.2, 0) is 22.3 Å². The first kappa shape index (κ1) is 18.5. The number of amides is 1. The summed E-state index contributed by atoms with van der Waals surface area (Å²) in [4.78, 5) is 25.1. The van der Waals surface area contributed by atoms with Crippen LogP contribution >= 0.6 is 0 Å². The van der Waals surface area contributed by atoms with Gasteiger partial charge in [0.1, 0.15) is 0 Å². The van der Waals surface area contributed by atoms with Crippen molar-refractivity contribution in [2.45, 2.75) is 25.3 Å². The van der Waals surface area contributed by atoms with Crippen LogP contribution in [0.2, 0.25) is 6.32 Å². The second kappa shape index (κ2) is 7.93. The number of aromatic amines is 1. The molecule has 0 aliphatic carbocycles. The number of aromatic hydroxyl groups is 1. The fourth-order valence-electron chi connectivity index (χ4n) is 2.74. The van der Waals surface area contributed by atoms with Crippen LogP contribution in [-0.4, -0.2) is 74.0 Å². The molecule has 3 rings (SSSR count). The van der Waals surface area contributed by atoms with Gasteiger partial charge in [0.2, 0.25) is 0 Å². The van der Waals surface area contributed by atoms with E-state index in [4.69, 9.17) is 4.74 Å². The normalized spacial score (nSPS) is 13.7. The summed E-state index contributed by atoms with van der Waals surface area (Å²) in [6.07, 6.45) is 0.0259. The summed E-state index contributed by atoms with van der Waals surface area (Å²) in [6, 6.07) is 2.98. The number of H-pyrrole nitrogens is 1. The minimum absolute atomic E-state index is 0.00974. The molecule has 1 aromatic carbocycles. The fourth-order valence-corrected chi connectivity index (χ4v) is 2.74. The molecule has 0 unspecified atom stereocenters. The summed E-state index contributed by atoms with van der Waals surface area (Å²) in [6.45, 7) is 0.562. The maximum absolute atomic E-state index is 12.1. The molecule has 0 saturated carbocycles. The van der Waals surface area contributed by atoms with Crippen LogP contribution < -0.4 is 4.74 Å². The topological polar surface area (TPSA) is 159 Å². The summed E-state index contributed by atoms with van der Waals surface area (Å²) in [5.41, 5.74) is 0.00680. The number of tetrazole rings is 1. The average molecular weight is 373 g/mol. The Morgan fingerprint density at radius 3 is 2.78 bits per heavy atom. The molecule has 12 heteroatoms. The zero-order valence-corrected chi connectivity index (χ0v) is 14.2. The molecular weight excluding hydrogens is 357 g/mol. The van der Waals surface area contributed by atoms with Crippen LogP contribution in [0.5, 0.6) is 11.5 Å². The van der Waals surface area contributed by atoms with Gasteiger partial charge < -0.3 is 0 Å². The van der Waals surface area contributed by atoms with E-state index in [1.807, 2.05) is 0 Å². The Kier molecular flexibility index (Phi) is 5.43. The summed E-state index contributed by atoms with van der Waals surface area (Å²) in [7, 11) is 0.693. The van der Waals surface area contributed by atoms with Gasteiger partial charge >= 0.3 is 126 Å². The maximum atomic E-state index is 12.1. The predicted octanol–water partition coefficient (Wildman–Crippen LogP) is -0.554. The molecule has 1 fully saturated rings. The molecule has 2 aromatic rings. The Morgan fingerprint density at radius 1 is 1.37 bits per heavy atom. The van der Waals surface area contributed by atoms with Crippen molar-refractivity contribution >= 4 is 19.0 Å². The van der Waals surface area contributed by atoms with Crippen LogP contribution in [0.4, 0.5) is 0 Å². The van der Waals surface area contributed by atoms with Crippen molar-refractivity contribution in [3.63, 3.8) is 0 Å². The Labute approximate surface area is 153 Å². The van der Waals surface area contributed by atoms with Crippen LogP contribution in [0, 0.1) is 0 Å². The number of carboxylic acids is 1. The SMILES string of the molecule is O=BCCc1ccc(OC2CN(C(=O)Cc3nn[nH]n3)C2)c(C(=O)O)c1O. The van der Waals surface area contributed by atoms with E-state index in [1.165, 1.54) is 17.0 Å². The van der Waals surface area contributed by atoms with E-state index in [-0.39, 0.29) is 55.3 Å². The number of carbonyl (C=O) groups excluding carboxylic acids is 1. The standard InChI is InChI=1S/C15H16BN5O6/c22-12(5-11-17-19-20-18-11)21-6-9(7-21)27-10-2-1-8(3-4-16-26)14(23)13(10)15(24)25/h1-2,9,23H,3-7H2,(H,24,25)(H,17,18,19,20). The summed E-state index contributed by atoms with van der Waals surface area (Å²) >= 11 is 0. The van der Waals surface area contributed by atoms with Crippen molar-refractivity contribution in [1.29, 1.82) is 0 Å². The third-order valence-corrected chi connectivity index (χ3v) is 4.16. The molecule has 1 aliphatic rings. The number of ether oxygens (including phenoxy) is 1. The van der Waals surface area contributed by atoms with Crippen molar-refractivity contribution in [3.8, 4) is 11.5 Å². The molecule has 1 saturated heterocycles. The molecule has 27 heavy (non-hydrogen) atoms. The Balaban J connectivity index is 1.63. The number of rotatable bonds is 8. The third kappa shape index (κ3) is 4.10. The van der Waals surface area contributed by atoms with Crippen LogP contribution in [0.15, 0.2) is 12.1 Å². The van der Waals surface area contributed by atoms with Crippen molar-refractivity contribution in [2.24, 2.45) is 0 Å². The van der Waals surface area contributed by atoms with E-state index < -0.39 is 17.8 Å². The molecule has 0 atom stereocenters. The number of nitrogens with zero attached hydrogens (tertiary/aromatic N) is 4. The number of aromatic nitrogens is 4. The van der Waals surface area contributed by atoms with E-state index in [9.17, 15) is 24.5 Å². The van der Waals surface area contributed by atoms with Gasteiger partial charge in [0.15, 0.2) is 5.82 Å². The Hall–Kier alpha value is -3.31. The van der Waals surface area contributed by atoms with E-state index in [2.05, 4.69) is 20.6 Å². The summed E-state index contributed by atoms with van der Waals surface area (Å²) in [5, 5.41) is 32.6. The number of phenols is 1. The first-order valence-corrected chi connectivity index (χ1v) is 8.18. The van der Waals surface area contributed by atoms with Crippen molar-refractivity contribution in [3.05, 3.63) is 29.1 Å². The number of hydrogen-bond donors (Lipinski definition) is 3. The molecule has 1 aliphatic heterocycles. The minimum atomic E-state index is -1.33. The molecule has 2 heterocycles. The van der Waals surface area contributed by atoms with E-state index in [1.54, 1.807) is 0 Å². The molecule has 11 nitrogen and oxygen atoms in total. The van der Waals surface area contributed by atoms with Gasteiger partial charge in [-0.3, -0.25) is 0 Å². The quantitative estimate of drug-likeness (QED) is 0.516. The second-order valence-corrected chi connectivity index (χ2v) is 6.00. The molecule has 0 radical (unpaired) electrons. The van der Waals surface area contributed by atoms with Crippen LogP contribution in [0.25, 0.3) is 0 Å². The van der Waals surface area contributed by atoms with Crippen molar-refractivity contribution < 1.29 is 29.2 Å². The molecule has 0 spiro atoms. The van der Waals surface area contributed by atoms with E-state index in [0.29, 0.717) is 12.7 Å². The summed E-state index contributed by atoms with van der Waals surface area (Å²) < 4.78 is 16.1. The average Bonchev–Trinajstić information content (AvgIpc) is 3.09. The molecule has 3 N–H and O–H groups in total. The molecule has 1 amide bonds. The van der Waals surface area contributed by atoms with Gasteiger partial charge in [0, 0.05) is 0 Å². The zero-order valence-electron chi connectivity index (χ0n) is 14.2. The number of aryl methyl sites for hydroxylation is 1. The predicted molar refractivity (Wildman–Crippen MR) is 88.9 cm³/mol. The van der Waals surface area contributed by atoms with E-state index >= 15 is 0 Å². The van der Waals surface area contributed by atoms with E-state index in [0.717, 1.165) is 0 Å². The third-order valence-electron chi connectivity index (χ3n) is 4.16. The fraction of sp³-hybridized carbons (Fsp3) is 0.400. The number of nitrogens with one attached hydrogen (secondary N) is 1. The number of carbonyl (C=O) groups is 2. The molecule has 140 valence electrons. The Morgan fingerprint density at radius 2 is 2.15 bits per heavy atom. The van der Waals surface area contributed by atoms with Gasteiger partial charge in [-0.2, -0.15) is 5.21 Å². The van der Waals surface area contributed by atoms with Gasteiger partial charge in [-0.15, -0.1) is 10.2 Å². The Bertz CT molecular complexity index is 853. The van der Waals surface area contributed by atoms with Crippen molar-refractivity contribution in [1.82, 2.24) is 25.5 Å². The number of hydrogen-bond acceptors (Lipinski definition) is 8. The van der Waals surface area contributed by atoms with Crippen molar-refractivity contribution in [2.75, 3.05) is 13.1 Å². The molecular formula is C15H16BN5O6. The first-order chi connectivity index (χ1) is 13.0. The monoisotopic (exact) mass is 373 g/mol.